The quantitative estimate of drug-likeness (QED) is 0.939. The van der Waals surface area contributed by atoms with Crippen LogP contribution in [0.2, 0.25) is 0 Å². The van der Waals surface area contributed by atoms with Crippen LogP contribution >= 0.6 is 0 Å². The van der Waals surface area contributed by atoms with Gasteiger partial charge in [-0.05, 0) is 36.8 Å². The third-order valence-electron chi connectivity index (χ3n) is 4.68. The molecule has 3 rings (SSSR count). The van der Waals surface area contributed by atoms with E-state index in [1.54, 1.807) is 0 Å². The first-order valence-electron chi connectivity index (χ1n) is 8.13. The lowest BCUT2D eigenvalue weighted by molar-refractivity contribution is 0.0546. The summed E-state index contributed by atoms with van der Waals surface area (Å²) < 4.78 is 13.0. The monoisotopic (exact) mass is 314 g/mol. The number of nitrogens with zero attached hydrogens (tertiary/aromatic N) is 2. The molecular weight excluding hydrogens is 291 g/mol. The molecule has 3 nitrogen and oxygen atoms in total. The maximum atomic E-state index is 13.0. The summed E-state index contributed by atoms with van der Waals surface area (Å²) in [4.78, 5) is 4.58. The second-order valence-corrected chi connectivity index (χ2v) is 6.10. The molecule has 0 aliphatic carbocycles. The third-order valence-corrected chi connectivity index (χ3v) is 4.68. The van der Waals surface area contributed by atoms with Gasteiger partial charge in [-0.1, -0.05) is 30.3 Å². The zero-order chi connectivity index (χ0) is 16.2. The maximum absolute atomic E-state index is 13.0. The van der Waals surface area contributed by atoms with Crippen molar-refractivity contribution in [3.05, 3.63) is 66.0 Å². The van der Waals surface area contributed by atoms with Gasteiger partial charge in [0, 0.05) is 37.9 Å². The number of benzene rings is 2. The van der Waals surface area contributed by atoms with Crippen LogP contribution in [0.5, 0.6) is 0 Å². The third kappa shape index (κ3) is 3.71. The van der Waals surface area contributed by atoms with Gasteiger partial charge in [0.2, 0.25) is 0 Å². The molecule has 2 aromatic rings. The molecule has 0 bridgehead atoms. The van der Waals surface area contributed by atoms with Gasteiger partial charge in [-0.25, -0.2) is 4.39 Å². The molecular formula is C19H23FN2O. The van der Waals surface area contributed by atoms with Crippen molar-refractivity contribution in [3.63, 3.8) is 0 Å². The highest BCUT2D eigenvalue weighted by atomic mass is 19.1. The fourth-order valence-corrected chi connectivity index (χ4v) is 3.17. The van der Waals surface area contributed by atoms with Crippen LogP contribution < -0.4 is 4.90 Å². The lowest BCUT2D eigenvalue weighted by atomic mass is 10.0. The Morgan fingerprint density at radius 3 is 2.13 bits per heavy atom. The molecule has 1 fully saturated rings. The Morgan fingerprint density at radius 1 is 0.913 bits per heavy atom. The van der Waals surface area contributed by atoms with Crippen LogP contribution in [0.25, 0.3) is 0 Å². The zero-order valence-electron chi connectivity index (χ0n) is 13.4. The highest BCUT2D eigenvalue weighted by Gasteiger charge is 2.26. The Morgan fingerprint density at radius 2 is 1.52 bits per heavy atom. The van der Waals surface area contributed by atoms with Crippen LogP contribution in [0, 0.1) is 5.82 Å². The second kappa shape index (κ2) is 7.11. The Kier molecular flexibility index (Phi) is 4.94. The summed E-state index contributed by atoms with van der Waals surface area (Å²) in [6.07, 6.45) is -0.478. The minimum absolute atomic E-state index is 0.0766. The van der Waals surface area contributed by atoms with E-state index >= 15 is 0 Å². The van der Waals surface area contributed by atoms with Crippen LogP contribution in [0.4, 0.5) is 10.1 Å². The van der Waals surface area contributed by atoms with E-state index < -0.39 is 6.10 Å². The fraction of sp³-hybridized carbons (Fsp3) is 0.368. The first-order valence-corrected chi connectivity index (χ1v) is 8.13. The average molecular weight is 314 g/mol. The van der Waals surface area contributed by atoms with Gasteiger partial charge in [-0.15, -0.1) is 0 Å². The molecule has 0 aromatic heterocycles. The molecule has 1 aliphatic rings. The Bertz CT molecular complexity index is 609. The molecule has 0 radical (unpaired) electrons. The van der Waals surface area contributed by atoms with Crippen LogP contribution in [-0.4, -0.2) is 42.2 Å². The van der Waals surface area contributed by atoms with Crippen molar-refractivity contribution in [2.45, 2.75) is 19.1 Å². The molecule has 23 heavy (non-hydrogen) atoms. The smallest absolute Gasteiger partial charge is 0.123 e. The van der Waals surface area contributed by atoms with Crippen molar-refractivity contribution in [2.75, 3.05) is 31.1 Å². The summed E-state index contributed by atoms with van der Waals surface area (Å²) in [7, 11) is 0. The van der Waals surface area contributed by atoms with Crippen molar-refractivity contribution in [3.8, 4) is 0 Å². The molecule has 1 N–H and O–H groups in total. The Hall–Kier alpha value is -1.91. The molecule has 0 amide bonds. The van der Waals surface area contributed by atoms with Gasteiger partial charge < -0.3 is 10.0 Å². The van der Waals surface area contributed by atoms with Gasteiger partial charge in [-0.3, -0.25) is 4.90 Å². The molecule has 0 saturated carbocycles. The van der Waals surface area contributed by atoms with E-state index in [-0.39, 0.29) is 11.9 Å². The highest BCUT2D eigenvalue weighted by Crippen LogP contribution is 2.23. The molecule has 1 saturated heterocycles. The zero-order valence-corrected chi connectivity index (χ0v) is 13.4. The van der Waals surface area contributed by atoms with Crippen molar-refractivity contribution in [1.82, 2.24) is 4.90 Å². The normalized spacial score (nSPS) is 18.7. The number of hydrogen-bond acceptors (Lipinski definition) is 3. The number of aliphatic hydroxyl groups is 1. The summed E-state index contributed by atoms with van der Waals surface area (Å²) in [6.45, 7) is 5.63. The van der Waals surface area contributed by atoms with E-state index in [4.69, 9.17) is 0 Å². The van der Waals surface area contributed by atoms with Gasteiger partial charge in [0.15, 0.2) is 0 Å². The van der Waals surface area contributed by atoms with Gasteiger partial charge in [-0.2, -0.15) is 0 Å². The number of aliphatic hydroxyl groups excluding tert-OH is 1. The first-order chi connectivity index (χ1) is 11.1. The summed E-state index contributed by atoms with van der Waals surface area (Å²) in [6, 6.07) is 16.5. The number of piperazine rings is 1. The van der Waals surface area contributed by atoms with E-state index in [1.165, 1.54) is 12.1 Å². The van der Waals surface area contributed by atoms with E-state index in [0.29, 0.717) is 0 Å². The molecule has 0 spiro atoms. The predicted molar refractivity (Wildman–Crippen MR) is 91.0 cm³/mol. The second-order valence-electron chi connectivity index (χ2n) is 6.10. The van der Waals surface area contributed by atoms with Gasteiger partial charge in [0.25, 0.3) is 0 Å². The van der Waals surface area contributed by atoms with Gasteiger partial charge >= 0.3 is 0 Å². The SMILES string of the molecule is CC(C(O)c1ccccc1)N1CCN(c2ccc(F)cc2)CC1. The molecule has 122 valence electrons. The van der Waals surface area contributed by atoms with Gasteiger partial charge in [0.1, 0.15) is 5.82 Å². The maximum Gasteiger partial charge on any atom is 0.123 e. The summed E-state index contributed by atoms with van der Waals surface area (Å²) in [5.41, 5.74) is 2.02. The van der Waals surface area contributed by atoms with Crippen molar-refractivity contribution in [2.24, 2.45) is 0 Å². The first kappa shape index (κ1) is 16.0. The Labute approximate surface area is 137 Å². The largest absolute Gasteiger partial charge is 0.387 e. The summed E-state index contributed by atoms with van der Waals surface area (Å²) >= 11 is 0. The van der Waals surface area contributed by atoms with Crippen LogP contribution in [0.3, 0.4) is 0 Å². The van der Waals surface area contributed by atoms with Crippen molar-refractivity contribution in [1.29, 1.82) is 0 Å². The lowest BCUT2D eigenvalue weighted by Gasteiger charge is -2.40. The average Bonchev–Trinajstić information content (AvgIpc) is 2.62. The number of halogens is 1. The van der Waals surface area contributed by atoms with Crippen molar-refractivity contribution < 1.29 is 9.50 Å². The molecule has 1 aliphatic heterocycles. The topological polar surface area (TPSA) is 26.7 Å². The highest BCUT2D eigenvalue weighted by molar-refractivity contribution is 5.46. The Balaban J connectivity index is 1.59. The molecule has 2 aromatic carbocycles. The van der Waals surface area contributed by atoms with E-state index in [9.17, 15) is 9.50 Å². The van der Waals surface area contributed by atoms with Crippen LogP contribution in [-0.2, 0) is 0 Å². The number of rotatable bonds is 4. The van der Waals surface area contributed by atoms with E-state index in [2.05, 4.69) is 16.7 Å². The number of hydrogen-bond donors (Lipinski definition) is 1. The van der Waals surface area contributed by atoms with Gasteiger partial charge in [0.05, 0.1) is 6.10 Å². The fourth-order valence-electron chi connectivity index (χ4n) is 3.17. The van der Waals surface area contributed by atoms with Crippen molar-refractivity contribution >= 4 is 5.69 Å². The summed E-state index contributed by atoms with van der Waals surface area (Å²) in [5, 5.41) is 10.6. The van der Waals surface area contributed by atoms with E-state index in [1.807, 2.05) is 42.5 Å². The predicted octanol–water partition coefficient (Wildman–Crippen LogP) is 3.07. The summed E-state index contributed by atoms with van der Waals surface area (Å²) in [5.74, 6) is -0.202. The standard InChI is InChI=1S/C19H23FN2O/c1-15(19(23)16-5-3-2-4-6-16)21-11-13-22(14-12-21)18-9-7-17(20)8-10-18/h2-10,15,19,23H,11-14H2,1H3. The molecule has 4 heteroatoms. The van der Waals surface area contributed by atoms with Crippen LogP contribution in [0.1, 0.15) is 18.6 Å². The molecule has 1 heterocycles. The van der Waals surface area contributed by atoms with E-state index in [0.717, 1.165) is 37.4 Å². The minimum Gasteiger partial charge on any atom is -0.387 e. The van der Waals surface area contributed by atoms with Crippen LogP contribution in [0.15, 0.2) is 54.6 Å². The molecule has 2 atom stereocenters. The minimum atomic E-state index is -0.478. The number of anilines is 1. The lowest BCUT2D eigenvalue weighted by Crippen LogP contribution is -2.51. The molecule has 2 unspecified atom stereocenters.